The molecule has 0 bridgehead atoms. The molecule has 2 aromatic carbocycles. The Balaban J connectivity index is 2.41. The van der Waals surface area contributed by atoms with Crippen molar-refractivity contribution in [3.05, 3.63) is 93.6 Å². The first-order valence-electron chi connectivity index (χ1n) is 8.32. The Labute approximate surface area is 154 Å². The summed E-state index contributed by atoms with van der Waals surface area (Å²) in [6.45, 7) is 6.30. The highest BCUT2D eigenvalue weighted by molar-refractivity contribution is 9.10. The Morgan fingerprint density at radius 1 is 1.08 bits per heavy atom. The van der Waals surface area contributed by atoms with Crippen LogP contribution in [0.5, 0.6) is 0 Å². The number of hydrogen-bond donors (Lipinski definition) is 0. The van der Waals surface area contributed by atoms with Crippen LogP contribution in [-0.4, -0.2) is 5.71 Å². The molecule has 0 amide bonds. The lowest BCUT2D eigenvalue weighted by Crippen LogP contribution is -2.00. The minimum atomic E-state index is 0.917. The predicted molar refractivity (Wildman–Crippen MR) is 109 cm³/mol. The van der Waals surface area contributed by atoms with E-state index in [0.29, 0.717) is 0 Å². The first-order valence-corrected chi connectivity index (χ1v) is 9.11. The molecule has 1 nitrogen and oxygen atoms in total. The SMILES string of the molecule is C\C=C/N=C(/C=C(\C)CC)c1cc(Br)cc(Cc2ccccc2)c1. The number of allylic oxidation sites excluding steroid dienone is 3. The summed E-state index contributed by atoms with van der Waals surface area (Å²) >= 11 is 3.65. The molecular formula is C22H24BrN. The van der Waals surface area contributed by atoms with E-state index >= 15 is 0 Å². The summed E-state index contributed by atoms with van der Waals surface area (Å²) in [5, 5.41) is 0. The second kappa shape index (κ2) is 9.39. The van der Waals surface area contributed by atoms with Gasteiger partial charge in [-0.3, -0.25) is 4.99 Å². The molecule has 0 aliphatic rings. The third-order valence-corrected chi connectivity index (χ3v) is 4.27. The molecule has 2 heteroatoms. The van der Waals surface area contributed by atoms with Gasteiger partial charge < -0.3 is 0 Å². The van der Waals surface area contributed by atoms with Crippen LogP contribution in [0.25, 0.3) is 0 Å². The molecule has 0 atom stereocenters. The van der Waals surface area contributed by atoms with Gasteiger partial charge in [0.1, 0.15) is 0 Å². The van der Waals surface area contributed by atoms with Crippen molar-refractivity contribution in [3.63, 3.8) is 0 Å². The fourth-order valence-corrected chi connectivity index (χ4v) is 2.96. The van der Waals surface area contributed by atoms with Gasteiger partial charge in [-0.25, -0.2) is 0 Å². The van der Waals surface area contributed by atoms with Gasteiger partial charge in [-0.15, -0.1) is 0 Å². The van der Waals surface area contributed by atoms with Crippen LogP contribution < -0.4 is 0 Å². The Hall–Kier alpha value is -1.93. The highest BCUT2D eigenvalue weighted by atomic mass is 79.9. The molecule has 124 valence electrons. The van der Waals surface area contributed by atoms with Gasteiger partial charge in [0, 0.05) is 16.2 Å². The summed E-state index contributed by atoms with van der Waals surface area (Å²) in [5.41, 5.74) is 6.06. The normalized spacial score (nSPS) is 12.8. The Bertz CT molecular complexity index is 755. The molecule has 0 saturated heterocycles. The zero-order chi connectivity index (χ0) is 17.4. The van der Waals surface area contributed by atoms with Crippen LogP contribution in [0.3, 0.4) is 0 Å². The van der Waals surface area contributed by atoms with Gasteiger partial charge in [0.25, 0.3) is 0 Å². The van der Waals surface area contributed by atoms with Gasteiger partial charge in [-0.05, 0) is 62.1 Å². The number of halogens is 1. The number of nitrogens with zero attached hydrogens (tertiary/aromatic N) is 1. The van der Waals surface area contributed by atoms with Crippen molar-refractivity contribution in [2.24, 2.45) is 4.99 Å². The fraction of sp³-hybridized carbons (Fsp3) is 0.227. The van der Waals surface area contributed by atoms with E-state index in [0.717, 1.165) is 28.6 Å². The lowest BCUT2D eigenvalue weighted by Gasteiger charge is -2.09. The molecule has 0 aliphatic carbocycles. The maximum Gasteiger partial charge on any atom is 0.0701 e. The van der Waals surface area contributed by atoms with E-state index in [1.807, 2.05) is 19.2 Å². The lowest BCUT2D eigenvalue weighted by atomic mass is 10.00. The molecular weight excluding hydrogens is 358 g/mol. The van der Waals surface area contributed by atoms with E-state index in [1.165, 1.54) is 16.7 Å². The molecule has 24 heavy (non-hydrogen) atoms. The molecule has 0 fully saturated rings. The van der Waals surface area contributed by atoms with Crippen molar-refractivity contribution in [2.45, 2.75) is 33.6 Å². The smallest absolute Gasteiger partial charge is 0.0701 e. The van der Waals surface area contributed by atoms with Crippen LogP contribution in [0.15, 0.2) is 81.9 Å². The largest absolute Gasteiger partial charge is 0.257 e. The van der Waals surface area contributed by atoms with Crippen molar-refractivity contribution in [3.8, 4) is 0 Å². The standard InChI is InChI=1S/C22H24BrN/c1-4-11-24-22(12-17(3)5-2)20-14-19(15-21(23)16-20)13-18-9-7-6-8-10-18/h4,6-12,14-16H,5,13H2,1-3H3/b11-4-,17-12+,24-22-. The number of rotatable bonds is 6. The van der Waals surface area contributed by atoms with Crippen LogP contribution in [0.4, 0.5) is 0 Å². The van der Waals surface area contributed by atoms with Crippen molar-refractivity contribution in [1.29, 1.82) is 0 Å². The average Bonchev–Trinajstić information content (AvgIpc) is 2.58. The minimum Gasteiger partial charge on any atom is -0.257 e. The van der Waals surface area contributed by atoms with Crippen molar-refractivity contribution < 1.29 is 0 Å². The van der Waals surface area contributed by atoms with Crippen molar-refractivity contribution in [1.82, 2.24) is 0 Å². The maximum absolute atomic E-state index is 4.63. The minimum absolute atomic E-state index is 0.917. The van der Waals surface area contributed by atoms with Crippen LogP contribution >= 0.6 is 15.9 Å². The molecule has 0 radical (unpaired) electrons. The van der Waals surface area contributed by atoms with Crippen LogP contribution in [0.2, 0.25) is 0 Å². The molecule has 0 spiro atoms. The molecule has 0 aliphatic heterocycles. The third kappa shape index (κ3) is 5.61. The van der Waals surface area contributed by atoms with Gasteiger partial charge in [-0.2, -0.15) is 0 Å². The maximum atomic E-state index is 4.63. The molecule has 0 N–H and O–H groups in total. The predicted octanol–water partition coefficient (Wildman–Crippen LogP) is 6.72. The highest BCUT2D eigenvalue weighted by Gasteiger charge is 2.06. The number of hydrogen-bond acceptors (Lipinski definition) is 1. The fourth-order valence-electron chi connectivity index (χ4n) is 2.42. The number of benzene rings is 2. The Morgan fingerprint density at radius 3 is 2.50 bits per heavy atom. The van der Waals surface area contributed by atoms with Gasteiger partial charge >= 0.3 is 0 Å². The van der Waals surface area contributed by atoms with Gasteiger partial charge in [0.05, 0.1) is 5.71 Å². The first-order chi connectivity index (χ1) is 11.6. The zero-order valence-corrected chi connectivity index (χ0v) is 16.2. The van der Waals surface area contributed by atoms with Crippen LogP contribution in [-0.2, 0) is 6.42 Å². The summed E-state index contributed by atoms with van der Waals surface area (Å²) in [7, 11) is 0. The van der Waals surface area contributed by atoms with Crippen molar-refractivity contribution in [2.75, 3.05) is 0 Å². The lowest BCUT2D eigenvalue weighted by molar-refractivity contribution is 1.10. The third-order valence-electron chi connectivity index (χ3n) is 3.81. The molecule has 0 aromatic heterocycles. The summed E-state index contributed by atoms with van der Waals surface area (Å²) in [5.74, 6) is 0. The first kappa shape index (κ1) is 18.4. The van der Waals surface area contributed by atoms with Crippen molar-refractivity contribution >= 4 is 21.6 Å². The van der Waals surface area contributed by atoms with E-state index in [-0.39, 0.29) is 0 Å². The molecule has 0 unspecified atom stereocenters. The van der Waals surface area contributed by atoms with E-state index in [4.69, 9.17) is 0 Å². The van der Waals surface area contributed by atoms with Crippen LogP contribution in [0.1, 0.15) is 43.9 Å². The summed E-state index contributed by atoms with van der Waals surface area (Å²) < 4.78 is 1.08. The van der Waals surface area contributed by atoms with Gasteiger partial charge in [-0.1, -0.05) is 64.8 Å². The van der Waals surface area contributed by atoms with E-state index in [9.17, 15) is 0 Å². The molecule has 2 aromatic rings. The van der Waals surface area contributed by atoms with Crippen LogP contribution in [0, 0.1) is 0 Å². The summed E-state index contributed by atoms with van der Waals surface area (Å²) in [6.07, 6.45) is 7.93. The zero-order valence-electron chi connectivity index (χ0n) is 14.6. The van der Waals surface area contributed by atoms with E-state index in [2.05, 4.69) is 89.4 Å². The topological polar surface area (TPSA) is 12.4 Å². The molecule has 0 saturated carbocycles. The number of aliphatic imine (C=N–C) groups is 1. The molecule has 2 rings (SSSR count). The van der Waals surface area contributed by atoms with E-state index in [1.54, 1.807) is 0 Å². The Morgan fingerprint density at radius 2 is 1.83 bits per heavy atom. The summed E-state index contributed by atoms with van der Waals surface area (Å²) in [6, 6.07) is 17.1. The second-order valence-corrected chi connectivity index (χ2v) is 6.77. The Kier molecular flexibility index (Phi) is 7.20. The quantitative estimate of drug-likeness (QED) is 0.492. The second-order valence-electron chi connectivity index (χ2n) is 5.85. The van der Waals surface area contributed by atoms with Gasteiger partial charge in [0.15, 0.2) is 0 Å². The monoisotopic (exact) mass is 381 g/mol. The average molecular weight is 382 g/mol. The van der Waals surface area contributed by atoms with Gasteiger partial charge in [0.2, 0.25) is 0 Å². The molecule has 0 heterocycles. The summed E-state index contributed by atoms with van der Waals surface area (Å²) in [4.78, 5) is 4.63. The van der Waals surface area contributed by atoms with E-state index < -0.39 is 0 Å². The highest BCUT2D eigenvalue weighted by Crippen LogP contribution is 2.20.